The number of carbonyl (C=O) groups is 4. The van der Waals surface area contributed by atoms with E-state index < -0.39 is 24.3 Å². The van der Waals surface area contributed by atoms with Crippen molar-refractivity contribution >= 4 is 45.8 Å². The highest BCUT2D eigenvalue weighted by Gasteiger charge is 2.45. The third kappa shape index (κ3) is 8.25. The lowest BCUT2D eigenvalue weighted by Gasteiger charge is -2.36. The van der Waals surface area contributed by atoms with Crippen molar-refractivity contribution in [3.63, 3.8) is 0 Å². The zero-order chi connectivity index (χ0) is 45.5. The Hall–Kier alpha value is -6.16. The van der Waals surface area contributed by atoms with E-state index in [1.165, 1.54) is 14.2 Å². The van der Waals surface area contributed by atoms with Gasteiger partial charge in [0.25, 0.3) is 0 Å². The number of ether oxygens (including phenoxy) is 4. The van der Waals surface area contributed by atoms with Gasteiger partial charge in [0, 0.05) is 36.2 Å². The smallest absolute Gasteiger partial charge is 0.407 e. The molecule has 0 radical (unpaired) electrons. The monoisotopic (exact) mass is 888 g/mol. The normalized spacial score (nSPS) is 22.2. The Labute approximate surface area is 378 Å². The lowest BCUT2D eigenvalue weighted by atomic mass is 9.90. The van der Waals surface area contributed by atoms with Crippen LogP contribution in [-0.4, -0.2) is 105 Å². The largest absolute Gasteiger partial charge is 0.488 e. The number of fused-ring (bicyclic) bond motifs is 6. The van der Waals surface area contributed by atoms with Gasteiger partial charge in [0.2, 0.25) is 11.8 Å². The summed E-state index contributed by atoms with van der Waals surface area (Å²) in [5, 5.41) is 7.63. The number of benzene rings is 3. The molecule has 2 aromatic heterocycles. The third-order valence-corrected chi connectivity index (χ3v) is 14.5. The number of alkyl carbamates (subject to hydrolysis) is 2. The predicted octanol–water partition coefficient (Wildman–Crippen LogP) is 8.08. The van der Waals surface area contributed by atoms with Crippen molar-refractivity contribution in [1.29, 1.82) is 0 Å². The molecular weight excluding hydrogens is 829 g/mol. The molecule has 3 unspecified atom stereocenters. The van der Waals surface area contributed by atoms with Gasteiger partial charge >= 0.3 is 12.2 Å². The van der Waals surface area contributed by atoms with Crippen LogP contribution >= 0.6 is 0 Å². The highest BCUT2D eigenvalue weighted by Crippen LogP contribution is 2.44. The van der Waals surface area contributed by atoms with Crippen molar-refractivity contribution < 1.29 is 38.1 Å². The summed E-state index contributed by atoms with van der Waals surface area (Å²) >= 11 is 0. The van der Waals surface area contributed by atoms with Crippen molar-refractivity contribution in [3.8, 4) is 28.1 Å². The Morgan fingerprint density at radius 3 is 2.35 bits per heavy atom. The van der Waals surface area contributed by atoms with Crippen molar-refractivity contribution in [2.45, 2.75) is 122 Å². The molecule has 5 aromatic rings. The van der Waals surface area contributed by atoms with E-state index in [2.05, 4.69) is 63.9 Å². The Balaban J connectivity index is 0.969. The van der Waals surface area contributed by atoms with Crippen molar-refractivity contribution in [2.75, 3.05) is 27.4 Å². The molecule has 4 aliphatic rings. The van der Waals surface area contributed by atoms with Crippen LogP contribution < -0.4 is 15.4 Å². The highest BCUT2D eigenvalue weighted by molar-refractivity contribution is 6.07. The summed E-state index contributed by atoms with van der Waals surface area (Å²) < 4.78 is 21.9. The second kappa shape index (κ2) is 18.4. The van der Waals surface area contributed by atoms with E-state index in [-0.39, 0.29) is 47.8 Å². The number of nitrogens with zero attached hydrogens (tertiary/aromatic N) is 4. The molecule has 0 aliphatic carbocycles. The van der Waals surface area contributed by atoms with Gasteiger partial charge in [0.05, 0.1) is 49.2 Å². The van der Waals surface area contributed by atoms with E-state index in [4.69, 9.17) is 28.9 Å². The summed E-state index contributed by atoms with van der Waals surface area (Å²) in [5.74, 6) is 1.83. The molecule has 4 N–H and O–H groups in total. The number of nitrogens with one attached hydrogen (secondary N) is 4. The van der Waals surface area contributed by atoms with E-state index in [0.29, 0.717) is 38.5 Å². The van der Waals surface area contributed by atoms with Gasteiger partial charge in [0.1, 0.15) is 36.1 Å². The van der Waals surface area contributed by atoms with Gasteiger partial charge in [-0.3, -0.25) is 9.59 Å². The molecule has 4 amide bonds. The second-order valence-electron chi connectivity index (χ2n) is 18.1. The molecule has 3 saturated heterocycles. The lowest BCUT2D eigenvalue weighted by molar-refractivity contribution is -0.139. The summed E-state index contributed by atoms with van der Waals surface area (Å²) in [5.41, 5.74) is 6.61. The zero-order valence-corrected chi connectivity index (χ0v) is 38.1. The molecule has 344 valence electrons. The molecular formula is C49H60N8O8. The van der Waals surface area contributed by atoms with Crippen LogP contribution in [0.1, 0.15) is 108 Å². The maximum atomic E-state index is 14.5. The average molecular weight is 889 g/mol. The maximum Gasteiger partial charge on any atom is 0.407 e. The van der Waals surface area contributed by atoms with Gasteiger partial charge in [-0.25, -0.2) is 19.6 Å². The first kappa shape index (κ1) is 44.1. The molecule has 6 heterocycles. The molecule has 0 spiro atoms. The average Bonchev–Trinajstić information content (AvgIpc) is 4.17. The minimum Gasteiger partial charge on any atom is -0.488 e. The van der Waals surface area contributed by atoms with Crippen LogP contribution in [0.25, 0.3) is 44.2 Å². The quantitative estimate of drug-likeness (QED) is 0.101. The number of aromatic amines is 2. The minimum atomic E-state index is -0.721. The Morgan fingerprint density at radius 1 is 0.846 bits per heavy atom. The summed E-state index contributed by atoms with van der Waals surface area (Å²) in [6.45, 7) is 9.58. The number of H-pyrrole nitrogens is 2. The van der Waals surface area contributed by atoms with E-state index in [1.807, 2.05) is 42.8 Å². The van der Waals surface area contributed by atoms with Gasteiger partial charge in [0.15, 0.2) is 0 Å². The SMILES string of the molecule is CC[C@H]1CCC(c2nc3c(ccc4cc5c(cc43)OCc3cc(-c4cnc(C6CC[C@H](C)N6C(=O)C(NC(=O)OC)[C@@H](C)CC)[nH]4)ccc3-5)[nH]2)N1C(=O)[C@@H](NC(=O)OC)C1CCOCC1. The van der Waals surface area contributed by atoms with Gasteiger partial charge in [-0.15, -0.1) is 0 Å². The second-order valence-corrected chi connectivity index (χ2v) is 18.1. The molecule has 3 fully saturated rings. The summed E-state index contributed by atoms with van der Waals surface area (Å²) in [4.78, 5) is 74.3. The van der Waals surface area contributed by atoms with Crippen LogP contribution in [0.15, 0.2) is 48.7 Å². The number of likely N-dealkylation sites (tertiary alicyclic amines) is 2. The van der Waals surface area contributed by atoms with Crippen LogP contribution in [0.5, 0.6) is 5.75 Å². The number of hydrogen-bond donors (Lipinski definition) is 4. The molecule has 0 saturated carbocycles. The van der Waals surface area contributed by atoms with E-state index >= 15 is 0 Å². The molecule has 65 heavy (non-hydrogen) atoms. The van der Waals surface area contributed by atoms with Gasteiger partial charge in [-0.05, 0) is 110 Å². The molecule has 4 aliphatic heterocycles. The first-order chi connectivity index (χ1) is 31.5. The maximum absolute atomic E-state index is 14.5. The molecule has 16 nitrogen and oxygen atoms in total. The molecule has 7 atom stereocenters. The number of carbonyl (C=O) groups excluding carboxylic acids is 4. The predicted molar refractivity (Wildman–Crippen MR) is 244 cm³/mol. The van der Waals surface area contributed by atoms with Crippen LogP contribution in [-0.2, 0) is 30.4 Å². The number of aromatic nitrogens is 4. The zero-order valence-electron chi connectivity index (χ0n) is 38.1. The van der Waals surface area contributed by atoms with E-state index in [1.54, 1.807) is 0 Å². The fourth-order valence-corrected chi connectivity index (χ4v) is 10.6. The van der Waals surface area contributed by atoms with Crippen molar-refractivity contribution in [2.24, 2.45) is 11.8 Å². The fraction of sp³-hybridized carbons (Fsp3) is 0.510. The Morgan fingerprint density at radius 2 is 1.60 bits per heavy atom. The fourth-order valence-electron chi connectivity index (χ4n) is 10.6. The Bertz CT molecular complexity index is 2600. The van der Waals surface area contributed by atoms with Gasteiger partial charge in [-0.2, -0.15) is 0 Å². The minimum absolute atomic E-state index is 0.0123. The van der Waals surface area contributed by atoms with Gasteiger partial charge in [-0.1, -0.05) is 45.4 Å². The van der Waals surface area contributed by atoms with E-state index in [9.17, 15) is 19.2 Å². The summed E-state index contributed by atoms with van der Waals surface area (Å²) in [6, 6.07) is 12.8. The first-order valence-corrected chi connectivity index (χ1v) is 23.2. The molecule has 16 heteroatoms. The molecule has 3 aromatic carbocycles. The van der Waals surface area contributed by atoms with Crippen molar-refractivity contribution in [1.82, 2.24) is 40.4 Å². The summed E-state index contributed by atoms with van der Waals surface area (Å²) in [7, 11) is 2.62. The first-order valence-electron chi connectivity index (χ1n) is 23.2. The summed E-state index contributed by atoms with van der Waals surface area (Å²) in [6.07, 6.45) is 6.62. The molecule has 0 bridgehead atoms. The van der Waals surface area contributed by atoms with Crippen LogP contribution in [0.2, 0.25) is 0 Å². The molecule has 9 rings (SSSR count). The number of amides is 4. The van der Waals surface area contributed by atoms with Gasteiger partial charge < -0.3 is 49.3 Å². The lowest BCUT2D eigenvalue weighted by Crippen LogP contribution is -2.54. The van der Waals surface area contributed by atoms with Crippen LogP contribution in [0, 0.1) is 11.8 Å². The third-order valence-electron chi connectivity index (χ3n) is 14.5. The van der Waals surface area contributed by atoms with Crippen molar-refractivity contribution in [3.05, 3.63) is 65.9 Å². The Kier molecular flexibility index (Phi) is 12.5. The number of imidazole rings is 2. The van der Waals surface area contributed by atoms with Crippen LogP contribution in [0.4, 0.5) is 9.59 Å². The topological polar surface area (TPSA) is 193 Å². The number of methoxy groups -OCH3 is 2. The number of rotatable bonds is 11. The van der Waals surface area contributed by atoms with E-state index in [0.717, 1.165) is 99.9 Å². The standard InChI is InChI=1S/C49H60N8O8/c1-7-26(3)41(54-48(60)62-5)46(58)56-27(4)9-15-38(56)44-50-24-37(52-44)30-10-13-33-31(21-30)25-65-40-23-34-29(22-35(33)40)11-14-36-43(34)53-45(51-36)39-16-12-32(8-2)57(39)47(59)42(55-49(61)63-6)28-17-19-64-20-18-28/h10-11,13-14,21-24,26-28,32,38-39,41-42H,7-9,12,15-20,25H2,1-6H3,(H,50,52)(H,51,53)(H,54,60)(H,55,61)/t26-,27-,32-,38?,39?,41?,42-/m0/s1. The number of hydrogen-bond acceptors (Lipinski definition) is 10. The highest BCUT2D eigenvalue weighted by atomic mass is 16.5. The van der Waals surface area contributed by atoms with Crippen LogP contribution in [0.3, 0.4) is 0 Å².